The van der Waals surface area contributed by atoms with Crippen molar-refractivity contribution >= 4 is 17.4 Å². The highest BCUT2D eigenvalue weighted by Gasteiger charge is 2.50. The van der Waals surface area contributed by atoms with Crippen LogP contribution < -0.4 is 0 Å². The lowest BCUT2D eigenvalue weighted by molar-refractivity contribution is 0.00209. The van der Waals surface area contributed by atoms with E-state index in [0.29, 0.717) is 0 Å². The van der Waals surface area contributed by atoms with Crippen LogP contribution in [-0.2, 0) is 0 Å². The maximum atomic E-state index is 4.77. The maximum absolute atomic E-state index is 4.77. The second-order valence-corrected chi connectivity index (χ2v) is 5.53. The van der Waals surface area contributed by atoms with E-state index in [1.54, 1.807) is 0 Å². The first-order valence-electron chi connectivity index (χ1n) is 5.39. The highest BCUT2D eigenvalue weighted by molar-refractivity contribution is 7.78. The summed E-state index contributed by atoms with van der Waals surface area (Å²) in [4.78, 5) is 4.48. The van der Waals surface area contributed by atoms with E-state index in [2.05, 4.69) is 10.2 Å². The van der Waals surface area contributed by atoms with Crippen LogP contribution in [0.3, 0.4) is 0 Å². The molecule has 0 aromatic carbocycles. The van der Waals surface area contributed by atoms with E-state index in [9.17, 15) is 0 Å². The Labute approximate surface area is 92.0 Å². The van der Waals surface area contributed by atoms with Crippen LogP contribution in [0.1, 0.15) is 46.0 Å². The number of isothiocyanates is 1. The van der Waals surface area contributed by atoms with Crippen molar-refractivity contribution in [1.29, 1.82) is 0 Å². The maximum Gasteiger partial charge on any atom is 0.0719 e. The average Bonchev–Trinajstić information content (AvgIpc) is 2.00. The summed E-state index contributed by atoms with van der Waals surface area (Å²) in [7, 11) is 0. The fourth-order valence-corrected chi connectivity index (χ4v) is 4.49. The van der Waals surface area contributed by atoms with Crippen molar-refractivity contribution in [1.82, 2.24) is 0 Å². The normalized spacial score (nSPS) is 48.1. The zero-order chi connectivity index (χ0) is 8.89. The third kappa shape index (κ3) is 1.45. The van der Waals surface area contributed by atoms with Crippen molar-refractivity contribution in [2.75, 3.05) is 0 Å². The quantitative estimate of drug-likeness (QED) is 0.474. The molecule has 78 valence electrons. The molecular formula is C12H19NS. The molecule has 0 unspecified atom stereocenters. The summed E-state index contributed by atoms with van der Waals surface area (Å²) in [6.07, 6.45) is 8.36. The first-order chi connectivity index (χ1) is 6.30. The molecule has 4 rings (SSSR count). The van der Waals surface area contributed by atoms with Crippen LogP contribution >= 0.6 is 12.2 Å². The van der Waals surface area contributed by atoms with Gasteiger partial charge in [-0.2, -0.15) is 0 Å². The lowest BCUT2D eigenvalue weighted by Crippen LogP contribution is -2.49. The van der Waals surface area contributed by atoms with Crippen LogP contribution in [0.25, 0.3) is 0 Å². The largest absolute Gasteiger partial charge is 0.226 e. The summed E-state index contributed by atoms with van der Waals surface area (Å²) in [5.74, 6) is 2.91. The first kappa shape index (κ1) is 10.3. The summed E-state index contributed by atoms with van der Waals surface area (Å²) in [5, 5.41) is 2.63. The summed E-state index contributed by atoms with van der Waals surface area (Å²) in [6.45, 7) is 0. The van der Waals surface area contributed by atoms with E-state index >= 15 is 0 Å². The van der Waals surface area contributed by atoms with Gasteiger partial charge in [0.15, 0.2) is 0 Å². The molecule has 0 amide bonds. The summed E-state index contributed by atoms with van der Waals surface area (Å²) in [6, 6.07) is 0. The standard InChI is InChI=1S/C11H15NS.CH4/c13-7-12-11-4-8-1-9(5-11)3-10(2-8)6-11;/h8-10H,1-6H2;1H4. The van der Waals surface area contributed by atoms with E-state index in [-0.39, 0.29) is 13.0 Å². The molecule has 14 heavy (non-hydrogen) atoms. The summed E-state index contributed by atoms with van der Waals surface area (Å²) >= 11 is 4.77. The van der Waals surface area contributed by atoms with Gasteiger partial charge >= 0.3 is 0 Å². The predicted molar refractivity (Wildman–Crippen MR) is 62.7 cm³/mol. The number of aliphatic imine (C=N–C) groups is 1. The molecule has 0 aromatic rings. The Balaban J connectivity index is 0.000000750. The van der Waals surface area contributed by atoms with E-state index in [0.717, 1.165) is 17.8 Å². The first-order valence-corrected chi connectivity index (χ1v) is 5.79. The van der Waals surface area contributed by atoms with Crippen molar-refractivity contribution < 1.29 is 0 Å². The molecule has 1 nitrogen and oxygen atoms in total. The van der Waals surface area contributed by atoms with Crippen molar-refractivity contribution in [2.45, 2.75) is 51.5 Å². The van der Waals surface area contributed by atoms with Gasteiger partial charge < -0.3 is 0 Å². The van der Waals surface area contributed by atoms with Crippen LogP contribution in [0, 0.1) is 17.8 Å². The van der Waals surface area contributed by atoms with Crippen LogP contribution in [0.4, 0.5) is 0 Å². The van der Waals surface area contributed by atoms with Gasteiger partial charge in [0.05, 0.1) is 10.7 Å². The van der Waals surface area contributed by atoms with Crippen molar-refractivity contribution in [3.63, 3.8) is 0 Å². The summed E-state index contributed by atoms with van der Waals surface area (Å²) < 4.78 is 0. The molecule has 4 saturated carbocycles. The number of hydrogen-bond acceptors (Lipinski definition) is 2. The van der Waals surface area contributed by atoms with Crippen molar-refractivity contribution in [2.24, 2.45) is 22.7 Å². The van der Waals surface area contributed by atoms with Crippen molar-refractivity contribution in [3.8, 4) is 0 Å². The van der Waals surface area contributed by atoms with Gasteiger partial charge in [0.25, 0.3) is 0 Å². The fourth-order valence-electron chi connectivity index (χ4n) is 4.30. The van der Waals surface area contributed by atoms with Gasteiger partial charge in [-0.25, -0.2) is 4.99 Å². The third-order valence-corrected chi connectivity index (χ3v) is 4.38. The highest BCUT2D eigenvalue weighted by atomic mass is 32.1. The van der Waals surface area contributed by atoms with Gasteiger partial charge in [-0.3, -0.25) is 0 Å². The molecule has 4 fully saturated rings. The molecule has 0 spiro atoms. The zero-order valence-electron chi connectivity index (χ0n) is 7.83. The lowest BCUT2D eigenvalue weighted by Gasteiger charge is -2.54. The molecular weight excluding hydrogens is 190 g/mol. The second kappa shape index (κ2) is 3.43. The molecule has 0 radical (unpaired) electrons. The van der Waals surface area contributed by atoms with Gasteiger partial charge in [-0.15, -0.1) is 0 Å². The molecule has 2 heteroatoms. The molecule has 4 bridgehead atoms. The Bertz CT molecular complexity index is 243. The van der Waals surface area contributed by atoms with E-state index in [1.165, 1.54) is 38.5 Å². The predicted octanol–water partition coefficient (Wildman–Crippen LogP) is 3.69. The van der Waals surface area contributed by atoms with Gasteiger partial charge in [-0.1, -0.05) is 7.43 Å². The minimum atomic E-state index is 0. The van der Waals surface area contributed by atoms with Gasteiger partial charge in [0, 0.05) is 0 Å². The summed E-state index contributed by atoms with van der Waals surface area (Å²) in [5.41, 5.74) is 0.260. The second-order valence-electron chi connectivity index (χ2n) is 5.34. The molecule has 4 aliphatic carbocycles. The minimum Gasteiger partial charge on any atom is -0.226 e. The van der Waals surface area contributed by atoms with Gasteiger partial charge in [0.1, 0.15) is 0 Å². The molecule has 0 N–H and O–H groups in total. The molecule has 4 aliphatic rings. The Hall–Kier alpha value is -0.200. The van der Waals surface area contributed by atoms with E-state index < -0.39 is 0 Å². The fraction of sp³-hybridized carbons (Fsp3) is 0.917. The number of hydrogen-bond donors (Lipinski definition) is 0. The Morgan fingerprint density at radius 2 is 1.43 bits per heavy atom. The zero-order valence-corrected chi connectivity index (χ0v) is 8.65. The Morgan fingerprint density at radius 1 is 1.00 bits per heavy atom. The highest BCUT2D eigenvalue weighted by Crippen LogP contribution is 2.57. The van der Waals surface area contributed by atoms with Gasteiger partial charge in [-0.05, 0) is 68.5 Å². The third-order valence-electron chi connectivity index (χ3n) is 4.29. The van der Waals surface area contributed by atoms with Crippen molar-refractivity contribution in [3.05, 3.63) is 0 Å². The van der Waals surface area contributed by atoms with Gasteiger partial charge in [0.2, 0.25) is 0 Å². The van der Waals surface area contributed by atoms with Crippen LogP contribution in [0.5, 0.6) is 0 Å². The minimum absolute atomic E-state index is 0. The monoisotopic (exact) mass is 209 g/mol. The van der Waals surface area contributed by atoms with Crippen LogP contribution in [0.15, 0.2) is 4.99 Å². The molecule has 0 aliphatic heterocycles. The van der Waals surface area contributed by atoms with E-state index in [1.807, 2.05) is 0 Å². The lowest BCUT2D eigenvalue weighted by atomic mass is 9.53. The molecule has 0 heterocycles. The Morgan fingerprint density at radius 3 is 1.79 bits per heavy atom. The van der Waals surface area contributed by atoms with Crippen LogP contribution in [0.2, 0.25) is 0 Å². The molecule has 0 atom stereocenters. The molecule has 0 saturated heterocycles. The molecule has 0 aromatic heterocycles. The smallest absolute Gasteiger partial charge is 0.0719 e. The van der Waals surface area contributed by atoms with E-state index in [4.69, 9.17) is 12.2 Å². The average molecular weight is 209 g/mol. The topological polar surface area (TPSA) is 12.4 Å². The number of rotatable bonds is 1. The Kier molecular flexibility index (Phi) is 2.53. The SMILES string of the molecule is C.S=C=NC12CC3CC(CC(C3)C1)C2. The number of thiocarbonyl (C=S) groups is 1. The number of nitrogens with zero attached hydrogens (tertiary/aromatic N) is 1. The van der Waals surface area contributed by atoms with Crippen LogP contribution in [-0.4, -0.2) is 10.7 Å².